The third-order valence-electron chi connectivity index (χ3n) is 6.00. The van der Waals surface area contributed by atoms with Crippen molar-refractivity contribution >= 4 is 5.91 Å². The average Bonchev–Trinajstić information content (AvgIpc) is 3.25. The van der Waals surface area contributed by atoms with Crippen LogP contribution < -0.4 is 10.1 Å². The number of benzene rings is 2. The number of amides is 1. The summed E-state index contributed by atoms with van der Waals surface area (Å²) < 4.78 is 13.2. The second kappa shape index (κ2) is 11.1. The summed E-state index contributed by atoms with van der Waals surface area (Å²) in [6.45, 7) is 5.53. The van der Waals surface area contributed by atoms with Gasteiger partial charge in [0.2, 0.25) is 0 Å². The Bertz CT molecular complexity index is 1040. The largest absolute Gasteiger partial charge is 0.492 e. The van der Waals surface area contributed by atoms with Crippen molar-refractivity contribution in [1.29, 1.82) is 0 Å². The van der Waals surface area contributed by atoms with E-state index in [1.807, 2.05) is 61.5 Å². The molecular formula is C26H32N4O3. The van der Waals surface area contributed by atoms with Crippen LogP contribution in [0, 0.1) is 6.92 Å². The number of aromatic nitrogens is 2. The number of rotatable bonds is 9. The van der Waals surface area contributed by atoms with E-state index in [0.717, 1.165) is 55.3 Å². The number of hydrogen-bond donors (Lipinski definition) is 1. The number of hydrogen-bond acceptors (Lipinski definition) is 5. The number of para-hydroxylation sites is 1. The molecule has 1 N–H and O–H groups in total. The molecule has 0 unspecified atom stereocenters. The molecule has 0 saturated carbocycles. The molecule has 33 heavy (non-hydrogen) atoms. The van der Waals surface area contributed by atoms with Crippen molar-refractivity contribution < 1.29 is 14.3 Å². The summed E-state index contributed by atoms with van der Waals surface area (Å²) in [5, 5.41) is 7.43. The lowest BCUT2D eigenvalue weighted by Crippen LogP contribution is -2.38. The van der Waals surface area contributed by atoms with Crippen LogP contribution in [0.4, 0.5) is 0 Å². The molecule has 1 aliphatic heterocycles. The third kappa shape index (κ3) is 6.21. The Labute approximate surface area is 195 Å². The van der Waals surface area contributed by atoms with Crippen LogP contribution in [0.5, 0.6) is 5.75 Å². The first-order valence-electron chi connectivity index (χ1n) is 11.5. The van der Waals surface area contributed by atoms with Gasteiger partial charge in [-0.25, -0.2) is 4.68 Å². The van der Waals surface area contributed by atoms with Crippen LogP contribution in [0.2, 0.25) is 0 Å². The Kier molecular flexibility index (Phi) is 7.75. The van der Waals surface area contributed by atoms with E-state index in [1.54, 1.807) is 10.7 Å². The van der Waals surface area contributed by atoms with Crippen LogP contribution in [0.15, 0.2) is 60.7 Å². The van der Waals surface area contributed by atoms with Crippen LogP contribution in [-0.4, -0.2) is 60.0 Å². The van der Waals surface area contributed by atoms with Crippen molar-refractivity contribution in [3.05, 3.63) is 77.6 Å². The molecule has 1 aliphatic rings. The summed E-state index contributed by atoms with van der Waals surface area (Å²) in [5.41, 5.74) is 3.23. The summed E-state index contributed by atoms with van der Waals surface area (Å²) >= 11 is 0. The number of nitrogens with zero attached hydrogens (tertiary/aromatic N) is 3. The van der Waals surface area contributed by atoms with Gasteiger partial charge >= 0.3 is 0 Å². The van der Waals surface area contributed by atoms with Gasteiger partial charge in [-0.15, -0.1) is 0 Å². The van der Waals surface area contributed by atoms with Crippen LogP contribution in [-0.2, 0) is 11.3 Å². The van der Waals surface area contributed by atoms with Crippen LogP contribution in [0.3, 0.4) is 0 Å². The van der Waals surface area contributed by atoms with Gasteiger partial charge in [0.1, 0.15) is 12.4 Å². The van der Waals surface area contributed by atoms with Crippen molar-refractivity contribution in [2.45, 2.75) is 32.4 Å². The number of carbonyl (C=O) groups excluding carboxylic acids is 1. The predicted octanol–water partition coefficient (Wildman–Crippen LogP) is 3.60. The highest BCUT2D eigenvalue weighted by Crippen LogP contribution is 2.16. The van der Waals surface area contributed by atoms with Gasteiger partial charge in [0.15, 0.2) is 5.69 Å². The monoisotopic (exact) mass is 448 g/mol. The first-order chi connectivity index (χ1) is 16.1. The summed E-state index contributed by atoms with van der Waals surface area (Å²) in [6, 6.07) is 20.0. The van der Waals surface area contributed by atoms with Crippen molar-refractivity contribution in [3.63, 3.8) is 0 Å². The molecule has 1 fully saturated rings. The summed E-state index contributed by atoms with van der Waals surface area (Å²) in [5.74, 6) is 0.614. The van der Waals surface area contributed by atoms with Gasteiger partial charge in [-0.05, 0) is 62.7 Å². The normalized spacial score (nSPS) is 14.4. The van der Waals surface area contributed by atoms with E-state index in [1.165, 1.54) is 0 Å². The van der Waals surface area contributed by atoms with Gasteiger partial charge in [-0.1, -0.05) is 30.3 Å². The molecule has 4 rings (SSSR count). The molecule has 1 aromatic heterocycles. The average molecular weight is 449 g/mol. The molecule has 0 aliphatic carbocycles. The van der Waals surface area contributed by atoms with E-state index in [9.17, 15) is 4.79 Å². The van der Waals surface area contributed by atoms with Gasteiger partial charge in [-0.3, -0.25) is 9.69 Å². The van der Waals surface area contributed by atoms with E-state index in [2.05, 4.69) is 22.4 Å². The number of carbonyl (C=O) groups is 1. The minimum Gasteiger partial charge on any atom is -0.492 e. The molecule has 2 heterocycles. The summed E-state index contributed by atoms with van der Waals surface area (Å²) in [7, 11) is 2.14. The Morgan fingerprint density at radius 2 is 1.94 bits per heavy atom. The van der Waals surface area contributed by atoms with Gasteiger partial charge in [0.05, 0.1) is 5.69 Å². The highest BCUT2D eigenvalue weighted by atomic mass is 16.5. The Hall–Kier alpha value is -3.16. The minimum atomic E-state index is -0.197. The topological polar surface area (TPSA) is 68.6 Å². The first kappa shape index (κ1) is 23.0. The summed E-state index contributed by atoms with van der Waals surface area (Å²) in [4.78, 5) is 15.0. The Balaban J connectivity index is 1.27. The molecule has 0 spiro atoms. The summed E-state index contributed by atoms with van der Waals surface area (Å²) in [6.07, 6.45) is 2.16. The molecule has 174 valence electrons. The molecule has 1 amide bonds. The molecule has 7 heteroatoms. The lowest BCUT2D eigenvalue weighted by atomic mass is 10.1. The maximum atomic E-state index is 12.7. The third-order valence-corrected chi connectivity index (χ3v) is 6.00. The second-order valence-corrected chi connectivity index (χ2v) is 8.42. The van der Waals surface area contributed by atoms with Crippen molar-refractivity contribution in [1.82, 2.24) is 20.0 Å². The first-order valence-corrected chi connectivity index (χ1v) is 11.5. The van der Waals surface area contributed by atoms with E-state index < -0.39 is 0 Å². The Morgan fingerprint density at radius 1 is 1.15 bits per heavy atom. The molecule has 2 aromatic carbocycles. The van der Waals surface area contributed by atoms with E-state index in [0.29, 0.717) is 24.9 Å². The zero-order chi connectivity index (χ0) is 23.0. The fourth-order valence-corrected chi connectivity index (χ4v) is 4.05. The SMILES string of the molecule is Cc1cc(C(=O)NCc2cccc(OCCN(C)C3CCOCC3)c2)nn1-c1ccccc1. The molecular weight excluding hydrogens is 416 g/mol. The van der Waals surface area contributed by atoms with E-state index in [4.69, 9.17) is 9.47 Å². The van der Waals surface area contributed by atoms with Gasteiger partial charge < -0.3 is 14.8 Å². The van der Waals surface area contributed by atoms with E-state index >= 15 is 0 Å². The minimum absolute atomic E-state index is 0.197. The maximum absolute atomic E-state index is 12.7. The van der Waals surface area contributed by atoms with Gasteiger partial charge in [0.25, 0.3) is 5.91 Å². The van der Waals surface area contributed by atoms with Gasteiger partial charge in [0, 0.05) is 38.0 Å². The predicted molar refractivity (Wildman–Crippen MR) is 128 cm³/mol. The Morgan fingerprint density at radius 3 is 2.73 bits per heavy atom. The lowest BCUT2D eigenvalue weighted by molar-refractivity contribution is 0.0392. The number of likely N-dealkylation sites (N-methyl/N-ethyl adjacent to an activating group) is 1. The number of ether oxygens (including phenoxy) is 2. The van der Waals surface area contributed by atoms with Crippen LogP contribution in [0.25, 0.3) is 5.69 Å². The second-order valence-electron chi connectivity index (χ2n) is 8.42. The molecule has 0 bridgehead atoms. The lowest BCUT2D eigenvalue weighted by Gasteiger charge is -2.31. The van der Waals surface area contributed by atoms with Crippen LogP contribution in [0.1, 0.15) is 34.6 Å². The molecule has 3 aromatic rings. The zero-order valence-electron chi connectivity index (χ0n) is 19.4. The fraction of sp³-hybridized carbons (Fsp3) is 0.385. The molecule has 7 nitrogen and oxygen atoms in total. The van der Waals surface area contributed by atoms with E-state index in [-0.39, 0.29) is 5.91 Å². The smallest absolute Gasteiger partial charge is 0.272 e. The number of nitrogens with one attached hydrogen (secondary N) is 1. The van der Waals surface area contributed by atoms with Crippen molar-refractivity contribution in [2.75, 3.05) is 33.4 Å². The highest BCUT2D eigenvalue weighted by molar-refractivity contribution is 5.92. The van der Waals surface area contributed by atoms with Crippen LogP contribution >= 0.6 is 0 Å². The maximum Gasteiger partial charge on any atom is 0.272 e. The highest BCUT2D eigenvalue weighted by Gasteiger charge is 2.18. The molecule has 0 radical (unpaired) electrons. The quantitative estimate of drug-likeness (QED) is 0.542. The van der Waals surface area contributed by atoms with Crippen molar-refractivity contribution in [2.24, 2.45) is 0 Å². The standard InChI is InChI=1S/C26H32N4O3/c1-20-17-25(28-30(20)23-8-4-3-5-9-23)26(31)27-19-21-7-6-10-24(18-21)33-16-13-29(2)22-11-14-32-15-12-22/h3-10,17-18,22H,11-16,19H2,1-2H3,(H,27,31). The molecule has 1 saturated heterocycles. The number of aryl methyl sites for hydroxylation is 1. The molecule has 0 atom stereocenters. The fourth-order valence-electron chi connectivity index (χ4n) is 4.05. The zero-order valence-corrected chi connectivity index (χ0v) is 19.4. The van der Waals surface area contributed by atoms with Crippen molar-refractivity contribution in [3.8, 4) is 11.4 Å². The van der Waals surface area contributed by atoms with Gasteiger partial charge in [-0.2, -0.15) is 5.10 Å².